The third-order valence-electron chi connectivity index (χ3n) is 9.36. The predicted octanol–water partition coefficient (Wildman–Crippen LogP) is 13.2. The summed E-state index contributed by atoms with van der Waals surface area (Å²) in [7, 11) is 1.65. The number of quaternary nitrogens is 1. The lowest BCUT2D eigenvalue weighted by atomic mass is 10.1. The molecule has 0 radical (unpaired) electrons. The van der Waals surface area contributed by atoms with Crippen molar-refractivity contribution in [2.45, 2.75) is 187 Å². The quantitative estimate of drug-likeness (QED) is 0.0217. The first-order valence-corrected chi connectivity index (χ1v) is 23.9. The number of allylic oxidation sites excluding steroid dienone is 8. The maximum Gasteiger partial charge on any atom is 0.472 e. The number of ether oxygens (including phenoxy) is 2. The van der Waals surface area contributed by atoms with Gasteiger partial charge in [-0.05, 0) is 77.0 Å². The Morgan fingerprint density at radius 1 is 0.564 bits per heavy atom. The molecule has 1 N–H and O–H groups in total. The monoisotopic (exact) mass is 797 g/mol. The van der Waals surface area contributed by atoms with E-state index in [-0.39, 0.29) is 25.8 Å². The molecule has 0 aliphatic carbocycles. The zero-order chi connectivity index (χ0) is 40.6. The molecular weight excluding hydrogens is 709 g/mol. The average molecular weight is 797 g/mol. The van der Waals surface area contributed by atoms with Crippen LogP contribution in [0.25, 0.3) is 0 Å². The van der Waals surface area contributed by atoms with Crippen LogP contribution in [0.4, 0.5) is 0 Å². The Kier molecular flexibility index (Phi) is 38.2. The van der Waals surface area contributed by atoms with Gasteiger partial charge in [0, 0.05) is 13.0 Å². The molecule has 0 rings (SSSR count). The minimum absolute atomic E-state index is 0.0835. The van der Waals surface area contributed by atoms with Crippen molar-refractivity contribution < 1.29 is 37.3 Å². The fourth-order valence-electron chi connectivity index (χ4n) is 5.85. The van der Waals surface area contributed by atoms with Crippen molar-refractivity contribution in [1.82, 2.24) is 0 Å². The molecule has 9 heteroatoms. The molecule has 0 heterocycles. The number of carbonyl (C=O) groups is 1. The maximum absolute atomic E-state index is 12.7. The number of phosphoric ester groups is 1. The van der Waals surface area contributed by atoms with Crippen LogP contribution < -0.4 is 0 Å². The van der Waals surface area contributed by atoms with Gasteiger partial charge >= 0.3 is 13.8 Å². The van der Waals surface area contributed by atoms with Crippen molar-refractivity contribution in [3.8, 4) is 0 Å². The molecule has 0 aromatic rings. The SMILES string of the molecule is CCCCC/C=C\C/C=C\C/C=C\CCCCCCCCCOCC(COP(=O)(O)OCC[N+](C)(C)C)OC(=O)CCCCCCC/C=C\CCCCCC. The number of hydrogen-bond donors (Lipinski definition) is 1. The zero-order valence-corrected chi connectivity index (χ0v) is 37.3. The number of phosphoric acid groups is 1. The van der Waals surface area contributed by atoms with Crippen molar-refractivity contribution in [3.05, 3.63) is 48.6 Å². The molecule has 0 amide bonds. The summed E-state index contributed by atoms with van der Waals surface area (Å²) in [6, 6.07) is 0. The first-order chi connectivity index (χ1) is 26.6. The van der Waals surface area contributed by atoms with Crippen molar-refractivity contribution in [2.75, 3.05) is 54.1 Å². The number of carbonyl (C=O) groups excluding carboxylic acids is 1. The van der Waals surface area contributed by atoms with Crippen molar-refractivity contribution in [3.63, 3.8) is 0 Å². The van der Waals surface area contributed by atoms with E-state index in [2.05, 4.69) is 62.5 Å². The van der Waals surface area contributed by atoms with E-state index in [9.17, 15) is 14.3 Å². The van der Waals surface area contributed by atoms with Crippen molar-refractivity contribution in [2.24, 2.45) is 0 Å². The van der Waals surface area contributed by atoms with Gasteiger partial charge < -0.3 is 18.9 Å². The highest BCUT2D eigenvalue weighted by atomic mass is 31.2. The number of nitrogens with zero attached hydrogens (tertiary/aromatic N) is 1. The van der Waals surface area contributed by atoms with E-state index < -0.39 is 13.9 Å². The van der Waals surface area contributed by atoms with Gasteiger partial charge in [-0.1, -0.05) is 146 Å². The molecular formula is C46H87NO7P+. The summed E-state index contributed by atoms with van der Waals surface area (Å²) < 4.78 is 35.0. The van der Waals surface area contributed by atoms with Gasteiger partial charge in [0.1, 0.15) is 19.3 Å². The second-order valence-corrected chi connectivity index (χ2v) is 17.5. The zero-order valence-electron chi connectivity index (χ0n) is 36.4. The van der Waals surface area contributed by atoms with E-state index in [0.717, 1.165) is 64.2 Å². The second-order valence-electron chi connectivity index (χ2n) is 16.1. The third-order valence-corrected chi connectivity index (χ3v) is 10.3. The molecule has 0 aromatic carbocycles. The highest BCUT2D eigenvalue weighted by molar-refractivity contribution is 7.47. The molecule has 0 bridgehead atoms. The lowest BCUT2D eigenvalue weighted by Gasteiger charge is -2.24. The molecule has 0 saturated heterocycles. The first-order valence-electron chi connectivity index (χ1n) is 22.4. The van der Waals surface area contributed by atoms with E-state index in [1.54, 1.807) is 0 Å². The Morgan fingerprint density at radius 2 is 1.00 bits per heavy atom. The minimum Gasteiger partial charge on any atom is -0.457 e. The molecule has 2 atom stereocenters. The van der Waals surface area contributed by atoms with Crippen LogP contribution >= 0.6 is 7.82 Å². The van der Waals surface area contributed by atoms with Crippen LogP contribution in [-0.2, 0) is 27.9 Å². The van der Waals surface area contributed by atoms with Gasteiger partial charge in [0.05, 0.1) is 34.4 Å². The van der Waals surface area contributed by atoms with Gasteiger partial charge in [-0.3, -0.25) is 13.8 Å². The fraction of sp³-hybridized carbons (Fsp3) is 0.804. The first kappa shape index (κ1) is 53.5. The number of esters is 1. The van der Waals surface area contributed by atoms with Crippen LogP contribution in [0, 0.1) is 0 Å². The molecule has 0 aromatic heterocycles. The lowest BCUT2D eigenvalue weighted by Crippen LogP contribution is -2.37. The van der Waals surface area contributed by atoms with Gasteiger partial charge in [0.25, 0.3) is 0 Å². The standard InChI is InChI=1S/C46H86NO7P/c1-6-8-10-12-14-16-18-20-21-22-23-24-25-26-28-30-32-34-36-38-41-51-43-45(44-53-55(49,50)52-42-40-47(3,4)5)54-46(48)39-37-35-33-31-29-27-19-17-15-13-11-9-7-2/h14,16-17,19-21,23-24,45H,6-13,15,18,22,25-44H2,1-5H3/p+1/b16-14-,19-17-,21-20-,24-23-. The van der Waals surface area contributed by atoms with Gasteiger partial charge in [-0.2, -0.15) is 0 Å². The minimum atomic E-state index is -4.28. The van der Waals surface area contributed by atoms with E-state index in [0.29, 0.717) is 24.1 Å². The van der Waals surface area contributed by atoms with Gasteiger partial charge in [-0.15, -0.1) is 0 Å². The maximum atomic E-state index is 12.7. The van der Waals surface area contributed by atoms with Crippen LogP contribution in [0.5, 0.6) is 0 Å². The van der Waals surface area contributed by atoms with Crippen LogP contribution in [0.3, 0.4) is 0 Å². The number of hydrogen-bond acceptors (Lipinski definition) is 6. The van der Waals surface area contributed by atoms with Crippen molar-refractivity contribution >= 4 is 13.8 Å². The van der Waals surface area contributed by atoms with Crippen LogP contribution in [0.1, 0.15) is 181 Å². The molecule has 2 unspecified atom stereocenters. The molecule has 0 aliphatic rings. The van der Waals surface area contributed by atoms with E-state index in [1.165, 1.54) is 96.3 Å². The summed E-state index contributed by atoms with van der Waals surface area (Å²) >= 11 is 0. The third kappa shape index (κ3) is 43.4. The summed E-state index contributed by atoms with van der Waals surface area (Å²) in [5.41, 5.74) is 0. The molecule has 8 nitrogen and oxygen atoms in total. The highest BCUT2D eigenvalue weighted by Gasteiger charge is 2.26. The number of likely N-dealkylation sites (N-methyl/N-ethyl adjacent to an activating group) is 1. The molecule has 0 fully saturated rings. The summed E-state index contributed by atoms with van der Waals surface area (Å²) in [4.78, 5) is 22.9. The summed E-state index contributed by atoms with van der Waals surface area (Å²) in [5, 5.41) is 0. The highest BCUT2D eigenvalue weighted by Crippen LogP contribution is 2.43. The van der Waals surface area contributed by atoms with E-state index in [1.807, 2.05) is 21.1 Å². The summed E-state index contributed by atoms with van der Waals surface area (Å²) in [5.74, 6) is -0.328. The predicted molar refractivity (Wildman–Crippen MR) is 233 cm³/mol. The lowest BCUT2D eigenvalue weighted by molar-refractivity contribution is -0.870. The largest absolute Gasteiger partial charge is 0.472 e. The van der Waals surface area contributed by atoms with Crippen LogP contribution in [0.2, 0.25) is 0 Å². The molecule has 0 saturated carbocycles. The number of rotatable bonds is 41. The Balaban J connectivity index is 4.24. The Bertz CT molecular complexity index is 1020. The molecule has 55 heavy (non-hydrogen) atoms. The second kappa shape index (κ2) is 39.3. The number of unbranched alkanes of at least 4 members (excludes halogenated alkanes) is 19. The summed E-state index contributed by atoms with van der Waals surface area (Å²) in [6.45, 7) is 5.54. The normalized spacial score (nSPS) is 14.2. The van der Waals surface area contributed by atoms with Crippen LogP contribution in [-0.4, -0.2) is 75.6 Å². The van der Waals surface area contributed by atoms with Crippen LogP contribution in [0.15, 0.2) is 48.6 Å². The Morgan fingerprint density at radius 3 is 1.55 bits per heavy atom. The molecule has 0 aliphatic heterocycles. The molecule has 322 valence electrons. The van der Waals surface area contributed by atoms with E-state index >= 15 is 0 Å². The smallest absolute Gasteiger partial charge is 0.457 e. The Hall–Kier alpha value is -1.54. The Labute approximate surface area is 339 Å². The van der Waals surface area contributed by atoms with Crippen molar-refractivity contribution in [1.29, 1.82) is 0 Å². The van der Waals surface area contributed by atoms with E-state index in [4.69, 9.17) is 18.5 Å². The van der Waals surface area contributed by atoms with Gasteiger partial charge in [0.15, 0.2) is 0 Å². The van der Waals surface area contributed by atoms with Gasteiger partial charge in [0.2, 0.25) is 0 Å². The average Bonchev–Trinajstić information content (AvgIpc) is 3.13. The summed E-state index contributed by atoms with van der Waals surface area (Å²) in [6.07, 6.45) is 47.1. The topological polar surface area (TPSA) is 91.3 Å². The van der Waals surface area contributed by atoms with Gasteiger partial charge in [-0.25, -0.2) is 4.57 Å². The fourth-order valence-corrected chi connectivity index (χ4v) is 6.59. The molecule has 0 spiro atoms.